The summed E-state index contributed by atoms with van der Waals surface area (Å²) in [6.07, 6.45) is 3.87. The third-order valence-corrected chi connectivity index (χ3v) is 4.48. The minimum atomic E-state index is 0.536. The summed E-state index contributed by atoms with van der Waals surface area (Å²) in [6, 6.07) is 10.3. The fourth-order valence-corrected chi connectivity index (χ4v) is 2.98. The van der Waals surface area contributed by atoms with Crippen molar-refractivity contribution in [1.82, 2.24) is 15.2 Å². The molecule has 0 saturated heterocycles. The van der Waals surface area contributed by atoms with Crippen LogP contribution in [0, 0.1) is 18.3 Å². The lowest BCUT2D eigenvalue weighted by Gasteiger charge is -2.11. The summed E-state index contributed by atoms with van der Waals surface area (Å²) in [5, 5.41) is 21.2. The topological polar surface area (TPSA) is 87.6 Å². The molecule has 0 saturated carbocycles. The Morgan fingerprint density at radius 2 is 1.89 bits per heavy atom. The molecule has 6 nitrogen and oxygen atoms in total. The average Bonchev–Trinajstić information content (AvgIpc) is 3.16. The number of aryl methyl sites for hydroxylation is 2. The highest BCUT2D eigenvalue weighted by molar-refractivity contribution is 5.56. The van der Waals surface area contributed by atoms with E-state index < -0.39 is 0 Å². The quantitative estimate of drug-likeness (QED) is 0.682. The average molecular weight is 361 g/mol. The molecular formula is C21H23N5O. The van der Waals surface area contributed by atoms with Gasteiger partial charge in [0.2, 0.25) is 5.89 Å². The van der Waals surface area contributed by atoms with Gasteiger partial charge in [-0.15, -0.1) is 5.10 Å². The van der Waals surface area contributed by atoms with Gasteiger partial charge in [0.1, 0.15) is 17.9 Å². The minimum absolute atomic E-state index is 0.536. The summed E-state index contributed by atoms with van der Waals surface area (Å²) in [6.45, 7) is 6.69. The van der Waals surface area contributed by atoms with Gasteiger partial charge in [0.15, 0.2) is 5.82 Å². The predicted octanol–water partition coefficient (Wildman–Crippen LogP) is 4.09. The molecule has 1 N–H and O–H groups in total. The van der Waals surface area contributed by atoms with Gasteiger partial charge in [0.25, 0.3) is 0 Å². The smallest absolute Gasteiger partial charge is 0.226 e. The molecule has 0 aliphatic rings. The number of aromatic nitrogens is 3. The van der Waals surface area contributed by atoms with Crippen molar-refractivity contribution in [2.45, 2.75) is 40.0 Å². The molecule has 0 bridgehead atoms. The zero-order valence-electron chi connectivity index (χ0n) is 15.9. The lowest BCUT2D eigenvalue weighted by Crippen LogP contribution is -2.12. The van der Waals surface area contributed by atoms with E-state index in [-0.39, 0.29) is 0 Å². The highest BCUT2D eigenvalue weighted by Gasteiger charge is 2.14. The van der Waals surface area contributed by atoms with E-state index in [1.165, 1.54) is 5.56 Å². The van der Waals surface area contributed by atoms with Gasteiger partial charge >= 0.3 is 0 Å². The van der Waals surface area contributed by atoms with Gasteiger partial charge in [-0.2, -0.15) is 10.4 Å². The largest absolute Gasteiger partial charge is 0.444 e. The fraction of sp³-hybridized carbons (Fsp3) is 0.333. The molecular weight excluding hydrogens is 338 g/mol. The number of benzene rings is 1. The third-order valence-electron chi connectivity index (χ3n) is 4.48. The maximum atomic E-state index is 9.53. The first kappa shape index (κ1) is 18.6. The van der Waals surface area contributed by atoms with Crippen molar-refractivity contribution >= 4 is 5.82 Å². The fourth-order valence-electron chi connectivity index (χ4n) is 2.98. The number of hydrogen-bond acceptors (Lipinski definition) is 6. The van der Waals surface area contributed by atoms with Gasteiger partial charge in [-0.3, -0.25) is 0 Å². The van der Waals surface area contributed by atoms with Crippen LogP contribution < -0.4 is 5.32 Å². The first-order valence-electron chi connectivity index (χ1n) is 9.20. The van der Waals surface area contributed by atoms with E-state index in [1.807, 2.05) is 45.0 Å². The molecule has 0 spiro atoms. The number of nitrogens with one attached hydrogen (secondary N) is 1. The Morgan fingerprint density at radius 3 is 2.56 bits per heavy atom. The summed E-state index contributed by atoms with van der Waals surface area (Å²) in [5.74, 6) is 1.15. The summed E-state index contributed by atoms with van der Waals surface area (Å²) in [5.41, 5.74) is 5.46. The normalized spacial score (nSPS) is 10.6. The van der Waals surface area contributed by atoms with Crippen LogP contribution in [0.25, 0.3) is 11.5 Å². The van der Waals surface area contributed by atoms with Gasteiger partial charge in [-0.05, 0) is 37.5 Å². The van der Waals surface area contributed by atoms with Gasteiger partial charge in [0.05, 0.1) is 11.4 Å². The molecule has 2 heterocycles. The van der Waals surface area contributed by atoms with Crippen LogP contribution in [-0.2, 0) is 19.3 Å². The lowest BCUT2D eigenvalue weighted by molar-refractivity contribution is 0.572. The van der Waals surface area contributed by atoms with Gasteiger partial charge in [-0.1, -0.05) is 31.5 Å². The van der Waals surface area contributed by atoms with E-state index in [0.717, 1.165) is 35.4 Å². The number of hydrogen-bond donors (Lipinski definition) is 1. The highest BCUT2D eigenvalue weighted by Crippen LogP contribution is 2.21. The van der Waals surface area contributed by atoms with Crippen LogP contribution in [0.1, 0.15) is 41.9 Å². The Labute approximate surface area is 159 Å². The molecule has 6 heteroatoms. The van der Waals surface area contributed by atoms with E-state index in [9.17, 15) is 5.26 Å². The molecule has 0 unspecified atom stereocenters. The van der Waals surface area contributed by atoms with Crippen molar-refractivity contribution in [1.29, 1.82) is 5.26 Å². The Hall–Kier alpha value is -3.20. The summed E-state index contributed by atoms with van der Waals surface area (Å²) in [7, 11) is 0. The highest BCUT2D eigenvalue weighted by atomic mass is 16.3. The molecule has 0 atom stereocenters. The van der Waals surface area contributed by atoms with Crippen molar-refractivity contribution in [3.05, 3.63) is 58.6 Å². The molecule has 0 amide bonds. The molecule has 138 valence electrons. The number of oxazole rings is 1. The maximum Gasteiger partial charge on any atom is 0.226 e. The van der Waals surface area contributed by atoms with Crippen molar-refractivity contribution in [2.24, 2.45) is 0 Å². The summed E-state index contributed by atoms with van der Waals surface area (Å²) >= 11 is 0. The molecule has 1 aromatic carbocycles. The second-order valence-electron chi connectivity index (χ2n) is 6.35. The van der Waals surface area contributed by atoms with Gasteiger partial charge in [0, 0.05) is 18.5 Å². The lowest BCUT2D eigenvalue weighted by atomic mass is 10.0. The van der Waals surface area contributed by atoms with Crippen LogP contribution in [0.4, 0.5) is 5.82 Å². The molecule has 2 aromatic heterocycles. The summed E-state index contributed by atoms with van der Waals surface area (Å²) < 4.78 is 5.59. The van der Waals surface area contributed by atoms with Crippen molar-refractivity contribution in [3.63, 3.8) is 0 Å². The molecule has 3 aromatic rings. The third kappa shape index (κ3) is 4.14. The monoisotopic (exact) mass is 361 g/mol. The molecule has 3 rings (SSSR count). The van der Waals surface area contributed by atoms with Crippen molar-refractivity contribution in [3.8, 4) is 17.5 Å². The second kappa shape index (κ2) is 8.45. The number of nitrogens with zero attached hydrogens (tertiary/aromatic N) is 4. The van der Waals surface area contributed by atoms with E-state index in [2.05, 4.69) is 26.6 Å². The number of nitriles is 1. The van der Waals surface area contributed by atoms with Gasteiger partial charge < -0.3 is 9.73 Å². The van der Waals surface area contributed by atoms with Crippen LogP contribution in [0.15, 0.2) is 34.9 Å². The zero-order chi connectivity index (χ0) is 19.2. The van der Waals surface area contributed by atoms with Crippen molar-refractivity contribution < 1.29 is 4.42 Å². The van der Waals surface area contributed by atoms with Crippen LogP contribution in [-0.4, -0.2) is 21.7 Å². The Kier molecular flexibility index (Phi) is 5.82. The van der Waals surface area contributed by atoms with Crippen LogP contribution in [0.2, 0.25) is 0 Å². The molecule has 0 fully saturated rings. The van der Waals surface area contributed by atoms with Crippen LogP contribution >= 0.6 is 0 Å². The van der Waals surface area contributed by atoms with Gasteiger partial charge in [-0.25, -0.2) is 4.98 Å². The maximum absolute atomic E-state index is 9.53. The van der Waals surface area contributed by atoms with E-state index in [0.29, 0.717) is 30.2 Å². The first-order chi connectivity index (χ1) is 13.2. The van der Waals surface area contributed by atoms with Crippen LogP contribution in [0.3, 0.4) is 0 Å². The van der Waals surface area contributed by atoms with Crippen molar-refractivity contribution in [2.75, 3.05) is 11.9 Å². The predicted molar refractivity (Wildman–Crippen MR) is 104 cm³/mol. The van der Waals surface area contributed by atoms with E-state index >= 15 is 0 Å². The Balaban J connectivity index is 1.67. The first-order valence-corrected chi connectivity index (χ1v) is 9.20. The number of rotatable bonds is 7. The summed E-state index contributed by atoms with van der Waals surface area (Å²) in [4.78, 5) is 4.54. The second-order valence-corrected chi connectivity index (χ2v) is 6.35. The van der Waals surface area contributed by atoms with E-state index in [4.69, 9.17) is 4.42 Å². The zero-order valence-corrected chi connectivity index (χ0v) is 15.9. The molecule has 0 radical (unpaired) electrons. The molecule has 0 aliphatic carbocycles. The SMILES string of the molecule is CCc1nnc(NCCc2coc(-c3ccc(C)cc3)n2)c(C#N)c1CC. The minimum Gasteiger partial charge on any atom is -0.444 e. The number of anilines is 1. The standard InChI is InChI=1S/C21H23N5O/c1-4-17-18(12-22)20(26-25-19(17)5-2)23-11-10-16-13-27-21(24-16)15-8-6-14(3)7-9-15/h6-9,13H,4-5,10-11H2,1-3H3,(H,23,26). The van der Waals surface area contributed by atoms with Crippen LogP contribution in [0.5, 0.6) is 0 Å². The Bertz CT molecular complexity index is 954. The Morgan fingerprint density at radius 1 is 1.11 bits per heavy atom. The molecule has 0 aliphatic heterocycles. The molecule has 27 heavy (non-hydrogen) atoms. The van der Waals surface area contributed by atoms with E-state index in [1.54, 1.807) is 6.26 Å².